The maximum Gasteiger partial charge on any atom is 0.167 e. The lowest BCUT2D eigenvalue weighted by Gasteiger charge is -2.13. The van der Waals surface area contributed by atoms with Crippen molar-refractivity contribution in [1.29, 1.82) is 0 Å². The van der Waals surface area contributed by atoms with Crippen molar-refractivity contribution >= 4 is 17.3 Å². The molecular weight excluding hydrogens is 362 g/mol. The molecule has 0 aliphatic heterocycles. The van der Waals surface area contributed by atoms with Crippen molar-refractivity contribution < 1.29 is 14.7 Å². The maximum absolute atomic E-state index is 12.8. The lowest BCUT2D eigenvalue weighted by molar-refractivity contribution is 0.0986. The first-order valence-corrected chi connectivity index (χ1v) is 9.54. The minimum absolute atomic E-state index is 0.0183. The Morgan fingerprint density at radius 2 is 1.52 bits per heavy atom. The van der Waals surface area contributed by atoms with E-state index < -0.39 is 0 Å². The first-order chi connectivity index (χ1) is 13.8. The molecule has 0 aliphatic rings. The lowest BCUT2D eigenvalue weighted by Crippen LogP contribution is -2.11. The number of nitrogens with zero attached hydrogens (tertiary/aromatic N) is 1. The summed E-state index contributed by atoms with van der Waals surface area (Å²) in [4.78, 5) is 27.3. The first kappa shape index (κ1) is 20.3. The average molecular weight is 387 g/mol. The van der Waals surface area contributed by atoms with Gasteiger partial charge in [0.05, 0.1) is 0 Å². The van der Waals surface area contributed by atoms with Gasteiger partial charge < -0.3 is 10.0 Å². The quantitative estimate of drug-likeness (QED) is 0.601. The largest absolute Gasteiger partial charge is 0.508 e. The van der Waals surface area contributed by atoms with Crippen LogP contribution in [-0.2, 0) is 12.8 Å². The molecule has 0 aliphatic carbocycles. The zero-order valence-electron chi connectivity index (χ0n) is 17.0. The van der Waals surface area contributed by atoms with Gasteiger partial charge in [-0.25, -0.2) is 0 Å². The van der Waals surface area contributed by atoms with Gasteiger partial charge in [-0.15, -0.1) is 0 Å². The van der Waals surface area contributed by atoms with Crippen LogP contribution in [-0.4, -0.2) is 30.8 Å². The van der Waals surface area contributed by atoms with Gasteiger partial charge in [-0.1, -0.05) is 30.3 Å². The number of anilines is 1. The van der Waals surface area contributed by atoms with E-state index in [0.717, 1.165) is 22.4 Å². The van der Waals surface area contributed by atoms with E-state index in [1.807, 2.05) is 68.4 Å². The molecule has 0 spiro atoms. The van der Waals surface area contributed by atoms with Gasteiger partial charge in [0.15, 0.2) is 11.6 Å². The SMILES string of the molecule is Cc1ccc(CC(=O)c2cccc(N(C)C)c2)cc1CC(=O)c1ccc(O)cc1. The van der Waals surface area contributed by atoms with Crippen LogP contribution in [0.25, 0.3) is 0 Å². The Kier molecular flexibility index (Phi) is 6.13. The number of ketones is 2. The van der Waals surface area contributed by atoms with Gasteiger partial charge >= 0.3 is 0 Å². The highest BCUT2D eigenvalue weighted by molar-refractivity contribution is 5.99. The fourth-order valence-electron chi connectivity index (χ4n) is 3.19. The van der Waals surface area contributed by atoms with E-state index in [4.69, 9.17) is 0 Å². The van der Waals surface area contributed by atoms with Crippen molar-refractivity contribution in [2.45, 2.75) is 19.8 Å². The van der Waals surface area contributed by atoms with Gasteiger partial charge in [0.1, 0.15) is 5.75 Å². The molecule has 0 saturated carbocycles. The number of carbonyl (C=O) groups excluding carboxylic acids is 2. The summed E-state index contributed by atoms with van der Waals surface area (Å²) in [6, 6.07) is 19.7. The number of hydrogen-bond donors (Lipinski definition) is 1. The summed E-state index contributed by atoms with van der Waals surface area (Å²) in [5.41, 5.74) is 5.05. The molecule has 3 aromatic rings. The van der Waals surface area contributed by atoms with E-state index in [0.29, 0.717) is 11.1 Å². The molecule has 0 saturated heterocycles. The molecule has 148 valence electrons. The molecule has 0 fully saturated rings. The summed E-state index contributed by atoms with van der Waals surface area (Å²) >= 11 is 0. The number of rotatable bonds is 7. The Morgan fingerprint density at radius 1 is 0.828 bits per heavy atom. The molecule has 0 heterocycles. The molecule has 3 rings (SSSR count). The molecule has 1 N–H and O–H groups in total. The van der Waals surface area contributed by atoms with Crippen molar-refractivity contribution in [3.05, 3.63) is 94.5 Å². The zero-order chi connectivity index (χ0) is 21.0. The van der Waals surface area contributed by atoms with Gasteiger partial charge in [-0.2, -0.15) is 0 Å². The Morgan fingerprint density at radius 3 is 2.21 bits per heavy atom. The number of aromatic hydroxyl groups is 1. The highest BCUT2D eigenvalue weighted by atomic mass is 16.3. The fourth-order valence-corrected chi connectivity index (χ4v) is 3.19. The van der Waals surface area contributed by atoms with Crippen molar-refractivity contribution in [1.82, 2.24) is 0 Å². The normalized spacial score (nSPS) is 10.6. The summed E-state index contributed by atoms with van der Waals surface area (Å²) < 4.78 is 0. The van der Waals surface area contributed by atoms with Crippen LogP contribution in [0.1, 0.15) is 37.4 Å². The van der Waals surface area contributed by atoms with Crippen molar-refractivity contribution in [2.24, 2.45) is 0 Å². The smallest absolute Gasteiger partial charge is 0.167 e. The predicted molar refractivity (Wildman–Crippen MR) is 116 cm³/mol. The fraction of sp³-hybridized carbons (Fsp3) is 0.200. The number of phenols is 1. The second kappa shape index (κ2) is 8.74. The van der Waals surface area contributed by atoms with Gasteiger partial charge in [-0.05, 0) is 60.0 Å². The van der Waals surface area contributed by atoms with Crippen LogP contribution < -0.4 is 4.90 Å². The van der Waals surface area contributed by atoms with E-state index >= 15 is 0 Å². The number of hydrogen-bond acceptors (Lipinski definition) is 4. The summed E-state index contributed by atoms with van der Waals surface area (Å²) in [7, 11) is 3.89. The van der Waals surface area contributed by atoms with Crippen LogP contribution in [0.4, 0.5) is 5.69 Å². The van der Waals surface area contributed by atoms with Crippen LogP contribution in [0.15, 0.2) is 66.7 Å². The van der Waals surface area contributed by atoms with Crippen LogP contribution >= 0.6 is 0 Å². The molecule has 0 bridgehead atoms. The van der Waals surface area contributed by atoms with Crippen LogP contribution in [0.5, 0.6) is 5.75 Å². The molecule has 0 atom stereocenters. The summed E-state index contributed by atoms with van der Waals surface area (Å²) in [6.07, 6.45) is 0.548. The Labute approximate surface area is 171 Å². The zero-order valence-corrected chi connectivity index (χ0v) is 17.0. The van der Waals surface area contributed by atoms with E-state index in [9.17, 15) is 14.7 Å². The second-order valence-electron chi connectivity index (χ2n) is 7.45. The first-order valence-electron chi connectivity index (χ1n) is 9.54. The average Bonchev–Trinajstić information content (AvgIpc) is 2.71. The molecule has 0 radical (unpaired) electrons. The standard InChI is InChI=1S/C25H25NO3/c1-17-7-8-18(14-24(28)20-5-4-6-22(15-20)26(2)3)13-21(17)16-25(29)19-9-11-23(27)12-10-19/h4-13,15,27H,14,16H2,1-3H3. The topological polar surface area (TPSA) is 57.6 Å². The highest BCUT2D eigenvalue weighted by Crippen LogP contribution is 2.19. The number of phenolic OH excluding ortho intramolecular Hbond substituents is 1. The Bertz CT molecular complexity index is 1040. The summed E-state index contributed by atoms with van der Waals surface area (Å²) in [5.74, 6) is 0.167. The lowest BCUT2D eigenvalue weighted by atomic mass is 9.95. The minimum atomic E-state index is -0.0183. The van der Waals surface area contributed by atoms with Gasteiger partial charge in [0.2, 0.25) is 0 Å². The van der Waals surface area contributed by atoms with Crippen LogP contribution in [0.2, 0.25) is 0 Å². The number of Topliss-reactive ketones (excluding diaryl/α,β-unsaturated/α-hetero) is 2. The third-order valence-corrected chi connectivity index (χ3v) is 5.00. The van der Waals surface area contributed by atoms with Crippen LogP contribution in [0, 0.1) is 6.92 Å². The number of carbonyl (C=O) groups is 2. The van der Waals surface area contributed by atoms with E-state index in [-0.39, 0.29) is 30.2 Å². The number of benzene rings is 3. The maximum atomic E-state index is 12.8. The third kappa shape index (κ3) is 5.11. The number of aryl methyl sites for hydroxylation is 1. The summed E-state index contributed by atoms with van der Waals surface area (Å²) in [5, 5.41) is 9.39. The van der Waals surface area contributed by atoms with Gasteiger partial charge in [0, 0.05) is 43.8 Å². The Hall–Kier alpha value is -3.40. The predicted octanol–water partition coefficient (Wildman–Crippen LogP) is 4.62. The van der Waals surface area contributed by atoms with Crippen molar-refractivity contribution in [2.75, 3.05) is 19.0 Å². The minimum Gasteiger partial charge on any atom is -0.508 e. The van der Waals surface area contributed by atoms with Gasteiger partial charge in [0.25, 0.3) is 0 Å². The Balaban J connectivity index is 1.76. The van der Waals surface area contributed by atoms with Crippen molar-refractivity contribution in [3.63, 3.8) is 0 Å². The highest BCUT2D eigenvalue weighted by Gasteiger charge is 2.13. The molecule has 3 aromatic carbocycles. The monoisotopic (exact) mass is 387 g/mol. The van der Waals surface area contributed by atoms with Crippen LogP contribution in [0.3, 0.4) is 0 Å². The van der Waals surface area contributed by atoms with E-state index in [2.05, 4.69) is 0 Å². The molecule has 0 amide bonds. The molecule has 0 unspecified atom stereocenters. The van der Waals surface area contributed by atoms with Crippen molar-refractivity contribution in [3.8, 4) is 5.75 Å². The molecule has 29 heavy (non-hydrogen) atoms. The summed E-state index contributed by atoms with van der Waals surface area (Å²) in [6.45, 7) is 1.96. The van der Waals surface area contributed by atoms with E-state index in [1.165, 1.54) is 12.1 Å². The molecule has 4 heteroatoms. The van der Waals surface area contributed by atoms with Gasteiger partial charge in [-0.3, -0.25) is 9.59 Å². The second-order valence-corrected chi connectivity index (χ2v) is 7.45. The van der Waals surface area contributed by atoms with E-state index in [1.54, 1.807) is 12.1 Å². The third-order valence-electron chi connectivity index (χ3n) is 5.00. The molecule has 0 aromatic heterocycles. The molecule has 4 nitrogen and oxygen atoms in total. The molecular formula is C25H25NO3.